The van der Waals surface area contributed by atoms with Gasteiger partial charge >= 0.3 is 0 Å². The molecule has 2 atom stereocenters. The fourth-order valence-corrected chi connectivity index (χ4v) is 3.32. The Balaban J connectivity index is 1.60. The number of anilines is 1. The number of carbonyl (C=O) groups is 2. The van der Waals surface area contributed by atoms with Gasteiger partial charge in [-0.1, -0.05) is 30.3 Å². The molecule has 7 nitrogen and oxygen atoms in total. The van der Waals surface area contributed by atoms with Crippen LogP contribution in [0.3, 0.4) is 0 Å². The number of aryl methyl sites for hydroxylation is 1. The van der Waals surface area contributed by atoms with Gasteiger partial charge in [-0.05, 0) is 36.8 Å². The largest absolute Gasteiger partial charge is 0.322 e. The molecule has 138 valence electrons. The van der Waals surface area contributed by atoms with Crippen molar-refractivity contribution in [3.8, 4) is 0 Å². The van der Waals surface area contributed by atoms with Gasteiger partial charge < -0.3 is 10.6 Å². The zero-order valence-electron chi connectivity index (χ0n) is 15.2. The third-order valence-corrected chi connectivity index (χ3v) is 4.59. The lowest BCUT2D eigenvalue weighted by molar-refractivity contribution is -0.125. The highest BCUT2D eigenvalue weighted by atomic mass is 16.2. The highest BCUT2D eigenvalue weighted by Gasteiger charge is 2.26. The first-order valence-corrected chi connectivity index (χ1v) is 8.91. The Kier molecular flexibility index (Phi) is 4.37. The van der Waals surface area contributed by atoms with Crippen molar-refractivity contribution >= 4 is 28.4 Å². The van der Waals surface area contributed by atoms with E-state index in [1.54, 1.807) is 16.8 Å². The first-order valence-electron chi connectivity index (χ1n) is 8.91. The Hall–Kier alpha value is -3.19. The molecular formula is C20H21N5O2. The first-order chi connectivity index (χ1) is 13.0. The molecule has 3 aromatic rings. The van der Waals surface area contributed by atoms with Crippen LogP contribution in [-0.4, -0.2) is 27.6 Å². The van der Waals surface area contributed by atoms with Gasteiger partial charge in [0.25, 0.3) is 5.91 Å². The van der Waals surface area contributed by atoms with Gasteiger partial charge in [0.1, 0.15) is 5.82 Å². The monoisotopic (exact) mass is 363 g/mol. The zero-order valence-corrected chi connectivity index (χ0v) is 15.2. The third-order valence-electron chi connectivity index (χ3n) is 4.59. The Morgan fingerprint density at radius 3 is 2.74 bits per heavy atom. The fourth-order valence-electron chi connectivity index (χ4n) is 3.32. The van der Waals surface area contributed by atoms with Gasteiger partial charge in [-0.25, -0.2) is 4.68 Å². The number of hydrogen-bond acceptors (Lipinski definition) is 4. The molecule has 2 unspecified atom stereocenters. The van der Waals surface area contributed by atoms with Crippen LogP contribution in [0.15, 0.2) is 48.5 Å². The summed E-state index contributed by atoms with van der Waals surface area (Å²) in [5.41, 5.74) is 1.31. The van der Waals surface area contributed by atoms with Crippen molar-refractivity contribution in [3.63, 3.8) is 0 Å². The number of fused-ring (bicyclic) bond motifs is 1. The SMILES string of the molecule is Cc1cc(NC(=O)c2ccc3ccccc3c2)n(C2NC(=O)CC(C)N2)n1. The predicted octanol–water partition coefficient (Wildman–Crippen LogP) is 2.55. The second kappa shape index (κ2) is 6.85. The number of amides is 2. The van der Waals surface area contributed by atoms with Gasteiger partial charge in [0.2, 0.25) is 5.91 Å². The maximum absolute atomic E-state index is 12.8. The standard InChI is InChI=1S/C20H21N5O2/c1-12-10-18(26)23-20(21-12)25-17(9-13(2)24-25)22-19(27)16-8-7-14-5-3-4-6-15(14)11-16/h3-9,11-12,20-21H,10H2,1-2H3,(H,22,27)(H,23,26). The third kappa shape index (κ3) is 3.54. The number of rotatable bonds is 3. The van der Waals surface area contributed by atoms with Crippen LogP contribution in [0.25, 0.3) is 10.8 Å². The van der Waals surface area contributed by atoms with E-state index in [0.717, 1.165) is 16.5 Å². The first kappa shape index (κ1) is 17.2. The summed E-state index contributed by atoms with van der Waals surface area (Å²) in [7, 11) is 0. The van der Waals surface area contributed by atoms with Crippen LogP contribution < -0.4 is 16.0 Å². The lowest BCUT2D eigenvalue weighted by Gasteiger charge is -2.30. The van der Waals surface area contributed by atoms with E-state index in [1.807, 2.05) is 50.2 Å². The van der Waals surface area contributed by atoms with E-state index in [1.165, 1.54) is 0 Å². The van der Waals surface area contributed by atoms with Crippen molar-refractivity contribution in [2.45, 2.75) is 32.6 Å². The zero-order chi connectivity index (χ0) is 19.0. The van der Waals surface area contributed by atoms with Crippen LogP contribution >= 0.6 is 0 Å². The second-order valence-electron chi connectivity index (χ2n) is 6.87. The highest BCUT2D eigenvalue weighted by molar-refractivity contribution is 6.06. The summed E-state index contributed by atoms with van der Waals surface area (Å²) in [6, 6.07) is 15.3. The molecular weight excluding hydrogens is 342 g/mol. The maximum Gasteiger partial charge on any atom is 0.256 e. The lowest BCUT2D eigenvalue weighted by Crippen LogP contribution is -2.52. The van der Waals surface area contributed by atoms with Crippen LogP contribution in [0.2, 0.25) is 0 Å². The molecule has 0 aliphatic carbocycles. The normalized spacial score (nSPS) is 19.7. The van der Waals surface area contributed by atoms with E-state index in [-0.39, 0.29) is 17.9 Å². The predicted molar refractivity (Wildman–Crippen MR) is 103 cm³/mol. The Morgan fingerprint density at radius 1 is 1.19 bits per heavy atom. The van der Waals surface area contributed by atoms with Gasteiger partial charge in [0.15, 0.2) is 6.29 Å². The Morgan fingerprint density at radius 2 is 1.96 bits per heavy atom. The molecule has 1 saturated heterocycles. The summed E-state index contributed by atoms with van der Waals surface area (Å²) in [6.45, 7) is 3.78. The van der Waals surface area contributed by atoms with Gasteiger partial charge in [-0.3, -0.25) is 14.9 Å². The summed E-state index contributed by atoms with van der Waals surface area (Å²) in [4.78, 5) is 24.6. The molecule has 1 aliphatic rings. The van der Waals surface area contributed by atoms with Crippen molar-refractivity contribution in [1.82, 2.24) is 20.4 Å². The van der Waals surface area contributed by atoms with Crippen molar-refractivity contribution in [1.29, 1.82) is 0 Å². The summed E-state index contributed by atoms with van der Waals surface area (Å²) in [5, 5.41) is 15.5. The fraction of sp³-hybridized carbons (Fsp3) is 0.250. The number of aromatic nitrogens is 2. The number of benzene rings is 2. The van der Waals surface area contributed by atoms with Crippen LogP contribution in [0, 0.1) is 6.92 Å². The average molecular weight is 363 g/mol. The van der Waals surface area contributed by atoms with E-state index in [2.05, 4.69) is 21.0 Å². The molecule has 0 spiro atoms. The van der Waals surface area contributed by atoms with E-state index in [0.29, 0.717) is 17.8 Å². The molecule has 2 amide bonds. The summed E-state index contributed by atoms with van der Waals surface area (Å²) >= 11 is 0. The van der Waals surface area contributed by atoms with Crippen molar-refractivity contribution in [2.24, 2.45) is 0 Å². The minimum atomic E-state index is -0.498. The number of nitrogens with zero attached hydrogens (tertiary/aromatic N) is 2. The molecule has 1 aromatic heterocycles. The van der Waals surface area contributed by atoms with Crippen LogP contribution in [0.4, 0.5) is 5.82 Å². The van der Waals surface area contributed by atoms with Crippen LogP contribution in [-0.2, 0) is 4.79 Å². The average Bonchev–Trinajstić information content (AvgIpc) is 3.00. The molecule has 3 N–H and O–H groups in total. The summed E-state index contributed by atoms with van der Waals surface area (Å²) in [6.07, 6.45) is -0.0860. The van der Waals surface area contributed by atoms with Crippen molar-refractivity contribution < 1.29 is 9.59 Å². The highest BCUT2D eigenvalue weighted by Crippen LogP contribution is 2.20. The quantitative estimate of drug-likeness (QED) is 0.667. The molecule has 0 saturated carbocycles. The van der Waals surface area contributed by atoms with Crippen molar-refractivity contribution in [2.75, 3.05) is 5.32 Å². The van der Waals surface area contributed by atoms with E-state index in [4.69, 9.17) is 0 Å². The number of hydrogen-bond donors (Lipinski definition) is 3. The smallest absolute Gasteiger partial charge is 0.256 e. The molecule has 0 radical (unpaired) electrons. The topological polar surface area (TPSA) is 88.0 Å². The van der Waals surface area contributed by atoms with E-state index in [9.17, 15) is 9.59 Å². The number of nitrogens with one attached hydrogen (secondary N) is 3. The summed E-state index contributed by atoms with van der Waals surface area (Å²) in [5.74, 6) is 0.251. The van der Waals surface area contributed by atoms with Gasteiger partial charge in [0.05, 0.1) is 5.69 Å². The minimum absolute atomic E-state index is 0.0253. The Labute approximate surface area is 156 Å². The second-order valence-corrected chi connectivity index (χ2v) is 6.87. The van der Waals surface area contributed by atoms with Crippen LogP contribution in [0.5, 0.6) is 0 Å². The number of carbonyl (C=O) groups excluding carboxylic acids is 2. The summed E-state index contributed by atoms with van der Waals surface area (Å²) < 4.78 is 1.60. The van der Waals surface area contributed by atoms with Crippen molar-refractivity contribution in [3.05, 3.63) is 59.8 Å². The molecule has 2 aromatic carbocycles. The molecule has 2 heterocycles. The van der Waals surface area contributed by atoms with E-state index < -0.39 is 6.29 Å². The Bertz CT molecular complexity index is 1030. The van der Waals surface area contributed by atoms with Gasteiger partial charge in [0, 0.05) is 24.1 Å². The lowest BCUT2D eigenvalue weighted by atomic mass is 10.1. The van der Waals surface area contributed by atoms with Gasteiger partial charge in [-0.15, -0.1) is 0 Å². The molecule has 1 fully saturated rings. The molecule has 27 heavy (non-hydrogen) atoms. The molecule has 1 aliphatic heterocycles. The maximum atomic E-state index is 12.8. The van der Waals surface area contributed by atoms with Gasteiger partial charge in [-0.2, -0.15) is 5.10 Å². The van der Waals surface area contributed by atoms with E-state index >= 15 is 0 Å². The molecule has 0 bridgehead atoms. The molecule has 7 heteroatoms. The molecule has 4 rings (SSSR count). The van der Waals surface area contributed by atoms with Crippen LogP contribution in [0.1, 0.15) is 35.7 Å². The minimum Gasteiger partial charge on any atom is -0.322 e.